The minimum Gasteiger partial charge on any atom is -0.496 e. The van der Waals surface area contributed by atoms with E-state index in [2.05, 4.69) is 5.32 Å². The van der Waals surface area contributed by atoms with Gasteiger partial charge in [0.1, 0.15) is 17.5 Å². The Morgan fingerprint density at radius 1 is 0.977 bits per heavy atom. The van der Waals surface area contributed by atoms with Gasteiger partial charge in [-0.1, -0.05) is 65.1 Å². The first-order valence-corrected chi connectivity index (χ1v) is 15.1. The van der Waals surface area contributed by atoms with E-state index in [0.29, 0.717) is 26.9 Å². The summed E-state index contributed by atoms with van der Waals surface area (Å²) in [4.78, 5) is 55.1. The van der Waals surface area contributed by atoms with Gasteiger partial charge in [-0.15, -0.1) is 0 Å². The van der Waals surface area contributed by atoms with Gasteiger partial charge in [0.25, 0.3) is 0 Å². The Hall–Kier alpha value is -4.36. The van der Waals surface area contributed by atoms with Gasteiger partial charge in [-0.2, -0.15) is 13.2 Å². The highest BCUT2D eigenvalue weighted by molar-refractivity contribution is 8.00. The Kier molecular flexibility index (Phi) is 7.62. The average molecular weight is 640 g/mol. The number of para-hydroxylation sites is 1. The highest BCUT2D eigenvalue weighted by Crippen LogP contribution is 2.55. The summed E-state index contributed by atoms with van der Waals surface area (Å²) in [5.74, 6) is -3.32. The Morgan fingerprint density at radius 3 is 2.41 bits per heavy atom. The third-order valence-electron chi connectivity index (χ3n) is 7.59. The molecule has 1 aromatic heterocycles. The van der Waals surface area contributed by atoms with Crippen LogP contribution in [0.4, 0.5) is 24.5 Å². The number of anilines is 2. The molecule has 1 fully saturated rings. The maximum absolute atomic E-state index is 14.0. The number of hydrogen-bond acceptors (Lipinski definition) is 7. The van der Waals surface area contributed by atoms with Gasteiger partial charge in [0.05, 0.1) is 29.3 Å². The highest BCUT2D eigenvalue weighted by Gasteiger charge is 2.57. The Morgan fingerprint density at radius 2 is 1.70 bits per heavy atom. The van der Waals surface area contributed by atoms with Crippen molar-refractivity contribution < 1.29 is 32.3 Å². The van der Waals surface area contributed by atoms with Crippen LogP contribution in [0.1, 0.15) is 27.5 Å². The number of hydrogen-bond donors (Lipinski definition) is 1. The molecule has 226 valence electrons. The molecule has 8 nitrogen and oxygen atoms in total. The number of benzene rings is 3. The number of fused-ring (bicyclic) bond motifs is 2. The zero-order valence-electron chi connectivity index (χ0n) is 23.3. The van der Waals surface area contributed by atoms with E-state index in [4.69, 9.17) is 4.74 Å². The average Bonchev–Trinajstić information content (AvgIpc) is 3.44. The van der Waals surface area contributed by atoms with Crippen LogP contribution in [0.2, 0.25) is 0 Å². The third kappa shape index (κ3) is 5.19. The number of thioether (sulfide) groups is 1. The van der Waals surface area contributed by atoms with Crippen molar-refractivity contribution in [3.05, 3.63) is 104 Å². The number of imide groups is 1. The van der Waals surface area contributed by atoms with Crippen LogP contribution in [-0.4, -0.2) is 34.6 Å². The second kappa shape index (κ2) is 11.3. The number of carbonyl (C=O) groups is 3. The van der Waals surface area contributed by atoms with Gasteiger partial charge in [-0.05, 0) is 43.3 Å². The van der Waals surface area contributed by atoms with Crippen LogP contribution in [0.3, 0.4) is 0 Å². The number of thiazole rings is 1. The van der Waals surface area contributed by atoms with Gasteiger partial charge in [0.2, 0.25) is 17.7 Å². The number of nitrogens with zero attached hydrogens (tertiary/aromatic N) is 2. The lowest BCUT2D eigenvalue weighted by Gasteiger charge is -2.31. The van der Waals surface area contributed by atoms with E-state index in [1.807, 2.05) is 19.1 Å². The zero-order valence-corrected chi connectivity index (χ0v) is 24.9. The number of rotatable bonds is 6. The first-order valence-electron chi connectivity index (χ1n) is 13.4. The van der Waals surface area contributed by atoms with Crippen molar-refractivity contribution >= 4 is 52.2 Å². The number of halogens is 3. The van der Waals surface area contributed by atoms with Crippen molar-refractivity contribution in [2.24, 2.45) is 5.92 Å². The molecule has 44 heavy (non-hydrogen) atoms. The minimum absolute atomic E-state index is 0.193. The van der Waals surface area contributed by atoms with Crippen LogP contribution in [0, 0.1) is 12.8 Å². The Bertz CT molecular complexity index is 1850. The number of aryl methyl sites for hydroxylation is 1. The van der Waals surface area contributed by atoms with Crippen molar-refractivity contribution in [3.63, 3.8) is 0 Å². The van der Waals surface area contributed by atoms with Crippen molar-refractivity contribution in [2.45, 2.75) is 35.8 Å². The topological polar surface area (TPSA) is 97.7 Å². The smallest absolute Gasteiger partial charge is 0.416 e. The molecule has 3 amide bonds. The molecular weight excluding hydrogens is 615 g/mol. The van der Waals surface area contributed by atoms with Gasteiger partial charge in [-0.25, -0.2) is 4.90 Å². The summed E-state index contributed by atoms with van der Waals surface area (Å²) < 4.78 is 47.4. The number of alkyl halides is 3. The largest absolute Gasteiger partial charge is 0.496 e. The van der Waals surface area contributed by atoms with Crippen LogP contribution < -0.4 is 19.8 Å². The Labute approximate surface area is 257 Å². The monoisotopic (exact) mass is 639 g/mol. The SMILES string of the molecule is COc1ccccc1[C@@H]1c2sc(=O)n(CC(=O)Nc3ccc(C)cc3)c2S[C@H]2C(=O)N(c3cccc(C(F)(F)F)c3)C(=O)[C@@H]12. The number of aromatic nitrogens is 1. The van der Waals surface area contributed by atoms with E-state index in [1.165, 1.54) is 17.7 Å². The Balaban J connectivity index is 1.43. The number of amides is 3. The molecule has 13 heteroatoms. The normalized spacial score (nSPS) is 19.5. The fourth-order valence-electron chi connectivity index (χ4n) is 5.57. The molecule has 0 spiro atoms. The molecule has 0 unspecified atom stereocenters. The molecule has 0 radical (unpaired) electrons. The quantitative estimate of drug-likeness (QED) is 0.273. The van der Waals surface area contributed by atoms with E-state index in [9.17, 15) is 32.3 Å². The first-order chi connectivity index (χ1) is 21.0. The summed E-state index contributed by atoms with van der Waals surface area (Å²) in [6, 6.07) is 18.1. The van der Waals surface area contributed by atoms with Gasteiger partial charge in [0, 0.05) is 22.0 Å². The van der Waals surface area contributed by atoms with Gasteiger partial charge >= 0.3 is 11.0 Å². The number of carbonyl (C=O) groups excluding carboxylic acids is 3. The third-order valence-corrected chi connectivity index (χ3v) is 10.2. The lowest BCUT2D eigenvalue weighted by atomic mass is 9.82. The molecule has 0 aliphatic carbocycles. The van der Waals surface area contributed by atoms with Crippen LogP contribution in [0.5, 0.6) is 5.75 Å². The zero-order chi connectivity index (χ0) is 31.3. The summed E-state index contributed by atoms with van der Waals surface area (Å²) >= 11 is 1.84. The molecular formula is C31H24F3N3O5S2. The van der Waals surface area contributed by atoms with Crippen LogP contribution in [-0.2, 0) is 27.1 Å². The van der Waals surface area contributed by atoms with E-state index in [1.54, 1.807) is 36.4 Å². The second-order valence-electron chi connectivity index (χ2n) is 10.4. The molecule has 2 aliphatic rings. The molecule has 3 aromatic carbocycles. The number of nitrogens with one attached hydrogen (secondary N) is 1. The molecule has 6 rings (SSSR count). The second-order valence-corrected chi connectivity index (χ2v) is 12.5. The van der Waals surface area contributed by atoms with E-state index >= 15 is 0 Å². The van der Waals surface area contributed by atoms with Gasteiger partial charge in [0.15, 0.2) is 0 Å². The number of ether oxygens (including phenoxy) is 1. The molecule has 1 N–H and O–H groups in total. The van der Waals surface area contributed by atoms with E-state index in [-0.39, 0.29) is 12.2 Å². The summed E-state index contributed by atoms with van der Waals surface area (Å²) in [6.07, 6.45) is -4.68. The fourth-order valence-corrected chi connectivity index (χ4v) is 8.33. The summed E-state index contributed by atoms with van der Waals surface area (Å²) in [5, 5.41) is 2.05. The summed E-state index contributed by atoms with van der Waals surface area (Å²) in [6.45, 7) is 1.57. The maximum atomic E-state index is 14.0. The first kappa shape index (κ1) is 29.7. The van der Waals surface area contributed by atoms with E-state index < -0.39 is 51.4 Å². The predicted octanol–water partition coefficient (Wildman–Crippen LogP) is 5.68. The molecule has 4 aromatic rings. The van der Waals surface area contributed by atoms with Crippen molar-refractivity contribution in [3.8, 4) is 5.75 Å². The molecule has 3 atom stereocenters. The molecule has 3 heterocycles. The van der Waals surface area contributed by atoms with Gasteiger partial charge < -0.3 is 10.1 Å². The van der Waals surface area contributed by atoms with Crippen LogP contribution in [0.25, 0.3) is 0 Å². The van der Waals surface area contributed by atoms with Crippen LogP contribution in [0.15, 0.2) is 82.6 Å². The molecule has 1 saturated heterocycles. The van der Waals surface area contributed by atoms with Crippen molar-refractivity contribution in [1.82, 2.24) is 4.57 Å². The number of methoxy groups -OCH3 is 1. The molecule has 0 bridgehead atoms. The standard InChI is InChI=1S/C31H24F3N3O5S2/c1-16-10-12-18(13-11-16)35-22(38)15-36-29-26(44-30(36)41)23(20-8-3-4-9-21(20)42-2)24-25(43-29)28(40)37(27(24)39)19-7-5-6-17(14-19)31(32,33)34/h3-14,23-25H,15H2,1-2H3,(H,35,38)/t23-,24-,25+/m0/s1. The van der Waals surface area contributed by atoms with E-state index in [0.717, 1.165) is 51.8 Å². The summed E-state index contributed by atoms with van der Waals surface area (Å²) in [7, 11) is 1.45. The maximum Gasteiger partial charge on any atom is 0.416 e. The fraction of sp³-hybridized carbons (Fsp3) is 0.226. The minimum atomic E-state index is -4.68. The van der Waals surface area contributed by atoms with Crippen molar-refractivity contribution in [1.29, 1.82) is 0 Å². The van der Waals surface area contributed by atoms with Crippen molar-refractivity contribution in [2.75, 3.05) is 17.3 Å². The lowest BCUT2D eigenvalue weighted by Crippen LogP contribution is -2.33. The lowest BCUT2D eigenvalue weighted by molar-refractivity contribution is -0.137. The molecule has 0 saturated carbocycles. The molecule has 2 aliphatic heterocycles. The van der Waals surface area contributed by atoms with Crippen LogP contribution >= 0.6 is 23.1 Å². The highest BCUT2D eigenvalue weighted by atomic mass is 32.2. The predicted molar refractivity (Wildman–Crippen MR) is 160 cm³/mol. The summed E-state index contributed by atoms with van der Waals surface area (Å²) in [5.41, 5.74) is 0.907. The van der Waals surface area contributed by atoms with Gasteiger partial charge in [-0.3, -0.25) is 23.7 Å².